The first kappa shape index (κ1) is 12.8. The van der Waals surface area contributed by atoms with Crippen LogP contribution in [0, 0.1) is 12.7 Å². The molecule has 1 aromatic rings. The molecule has 4 nitrogen and oxygen atoms in total. The Balaban J connectivity index is 3.35. The molecule has 0 atom stereocenters. The Morgan fingerprint density at radius 3 is 2.38 bits per heavy atom. The van der Waals surface area contributed by atoms with Crippen LogP contribution in [0.2, 0.25) is 0 Å². The molecule has 1 rings (SSSR count). The number of benzene rings is 1. The Morgan fingerprint density at radius 1 is 1.38 bits per heavy atom. The van der Waals surface area contributed by atoms with Crippen molar-refractivity contribution in [2.24, 2.45) is 0 Å². The first-order valence-corrected chi connectivity index (χ1v) is 6.40. The number of halogens is 1. The second kappa shape index (κ2) is 4.29. The van der Waals surface area contributed by atoms with E-state index >= 15 is 0 Å². The van der Waals surface area contributed by atoms with Crippen molar-refractivity contribution in [2.75, 3.05) is 24.7 Å². The van der Waals surface area contributed by atoms with E-state index in [1.54, 1.807) is 6.92 Å². The molecule has 0 saturated carbocycles. The van der Waals surface area contributed by atoms with Gasteiger partial charge in [-0.1, -0.05) is 0 Å². The van der Waals surface area contributed by atoms with Gasteiger partial charge in [0.15, 0.2) is 11.6 Å². The Morgan fingerprint density at radius 2 is 1.94 bits per heavy atom. The molecule has 1 aromatic carbocycles. The maximum absolute atomic E-state index is 13.3. The standard InChI is InChI=1S/C10H14FNO3S/c1-7-5-8(11)10(15-3)6-9(7)12(2)16(4,13)14/h5-6H,1-4H3. The summed E-state index contributed by atoms with van der Waals surface area (Å²) >= 11 is 0. The minimum atomic E-state index is -3.36. The molecule has 0 saturated heterocycles. The van der Waals surface area contributed by atoms with E-state index < -0.39 is 15.8 Å². The van der Waals surface area contributed by atoms with Crippen molar-refractivity contribution in [2.45, 2.75) is 6.92 Å². The van der Waals surface area contributed by atoms with Gasteiger partial charge in [-0.2, -0.15) is 0 Å². The summed E-state index contributed by atoms with van der Waals surface area (Å²) in [5.41, 5.74) is 0.937. The van der Waals surface area contributed by atoms with Gasteiger partial charge in [-0.25, -0.2) is 12.8 Å². The fourth-order valence-corrected chi connectivity index (χ4v) is 1.87. The number of hydrogen-bond acceptors (Lipinski definition) is 3. The van der Waals surface area contributed by atoms with E-state index in [4.69, 9.17) is 4.74 Å². The number of sulfonamides is 1. The number of rotatable bonds is 3. The molecule has 0 aliphatic rings. The van der Waals surface area contributed by atoms with E-state index in [1.807, 2.05) is 0 Å². The first-order chi connectivity index (χ1) is 7.27. The van der Waals surface area contributed by atoms with Crippen LogP contribution in [0.5, 0.6) is 5.75 Å². The van der Waals surface area contributed by atoms with Crippen LogP contribution in [0.3, 0.4) is 0 Å². The molecule has 0 amide bonds. The summed E-state index contributed by atoms with van der Waals surface area (Å²) in [5.74, 6) is -0.484. The second-order valence-electron chi connectivity index (χ2n) is 3.50. The molecule has 0 aliphatic carbocycles. The van der Waals surface area contributed by atoms with Crippen LogP contribution >= 0.6 is 0 Å². The second-order valence-corrected chi connectivity index (χ2v) is 5.52. The highest BCUT2D eigenvalue weighted by Gasteiger charge is 2.17. The smallest absolute Gasteiger partial charge is 0.232 e. The lowest BCUT2D eigenvalue weighted by molar-refractivity contribution is 0.386. The van der Waals surface area contributed by atoms with Gasteiger partial charge in [0.25, 0.3) is 0 Å². The third-order valence-corrected chi connectivity index (χ3v) is 3.50. The summed E-state index contributed by atoms with van der Waals surface area (Å²) in [7, 11) is -0.618. The van der Waals surface area contributed by atoms with Crippen LogP contribution in [-0.2, 0) is 10.0 Å². The Kier molecular flexibility index (Phi) is 3.42. The maximum atomic E-state index is 13.3. The SMILES string of the molecule is COc1cc(N(C)S(C)(=O)=O)c(C)cc1F. The maximum Gasteiger partial charge on any atom is 0.232 e. The predicted octanol–water partition coefficient (Wildman–Crippen LogP) is 1.54. The molecule has 0 fully saturated rings. The van der Waals surface area contributed by atoms with E-state index in [0.717, 1.165) is 10.6 Å². The summed E-state index contributed by atoms with van der Waals surface area (Å²) < 4.78 is 41.9. The average molecular weight is 247 g/mol. The molecular formula is C10H14FNO3S. The van der Waals surface area contributed by atoms with Gasteiger partial charge in [0, 0.05) is 13.1 Å². The fourth-order valence-electron chi connectivity index (χ4n) is 1.32. The third kappa shape index (κ3) is 2.44. The van der Waals surface area contributed by atoms with Gasteiger partial charge < -0.3 is 4.74 Å². The van der Waals surface area contributed by atoms with E-state index in [0.29, 0.717) is 11.3 Å². The minimum absolute atomic E-state index is 0.0242. The zero-order valence-corrected chi connectivity index (χ0v) is 10.4. The van der Waals surface area contributed by atoms with Crippen molar-refractivity contribution in [3.05, 3.63) is 23.5 Å². The van der Waals surface area contributed by atoms with E-state index in [9.17, 15) is 12.8 Å². The molecule has 0 aliphatic heterocycles. The highest BCUT2D eigenvalue weighted by molar-refractivity contribution is 7.92. The fraction of sp³-hybridized carbons (Fsp3) is 0.400. The molecule has 0 unspecified atom stereocenters. The Hall–Kier alpha value is -1.30. The molecule has 0 bridgehead atoms. The molecule has 90 valence electrons. The third-order valence-electron chi connectivity index (χ3n) is 2.31. The largest absolute Gasteiger partial charge is 0.494 e. The van der Waals surface area contributed by atoms with E-state index in [-0.39, 0.29) is 5.75 Å². The minimum Gasteiger partial charge on any atom is -0.494 e. The normalized spacial score (nSPS) is 11.3. The quantitative estimate of drug-likeness (QED) is 0.814. The van der Waals surface area contributed by atoms with Gasteiger partial charge in [-0.05, 0) is 18.6 Å². The highest BCUT2D eigenvalue weighted by Crippen LogP contribution is 2.28. The van der Waals surface area contributed by atoms with Crippen LogP contribution in [0.4, 0.5) is 10.1 Å². The summed E-state index contributed by atoms with van der Waals surface area (Å²) in [6, 6.07) is 2.61. The molecule has 6 heteroatoms. The number of nitrogens with zero attached hydrogens (tertiary/aromatic N) is 1. The van der Waals surface area contributed by atoms with E-state index in [2.05, 4.69) is 0 Å². The summed E-state index contributed by atoms with van der Waals surface area (Å²) in [5, 5.41) is 0. The number of hydrogen-bond donors (Lipinski definition) is 0. The molecule has 16 heavy (non-hydrogen) atoms. The van der Waals surface area contributed by atoms with Crippen molar-refractivity contribution < 1.29 is 17.5 Å². The van der Waals surface area contributed by atoms with Gasteiger partial charge in [-0.15, -0.1) is 0 Å². The monoisotopic (exact) mass is 247 g/mol. The van der Waals surface area contributed by atoms with E-state index in [1.165, 1.54) is 26.3 Å². The number of methoxy groups -OCH3 is 1. The molecule has 0 N–H and O–H groups in total. The summed E-state index contributed by atoms with van der Waals surface area (Å²) in [4.78, 5) is 0. The van der Waals surface area contributed by atoms with Crippen molar-refractivity contribution in [3.63, 3.8) is 0 Å². The van der Waals surface area contributed by atoms with Crippen LogP contribution in [0.15, 0.2) is 12.1 Å². The molecule has 0 radical (unpaired) electrons. The van der Waals surface area contributed by atoms with Crippen LogP contribution in [0.1, 0.15) is 5.56 Å². The van der Waals surface area contributed by atoms with Crippen molar-refractivity contribution in [1.82, 2.24) is 0 Å². The molecule has 0 heterocycles. The summed E-state index contributed by atoms with van der Waals surface area (Å²) in [6.07, 6.45) is 1.09. The zero-order chi connectivity index (χ0) is 12.5. The number of anilines is 1. The Bertz CT molecular complexity index is 499. The van der Waals surface area contributed by atoms with Gasteiger partial charge in [-0.3, -0.25) is 4.31 Å². The molecular weight excluding hydrogens is 233 g/mol. The van der Waals surface area contributed by atoms with Gasteiger partial charge in [0.05, 0.1) is 19.1 Å². The predicted molar refractivity (Wildman–Crippen MR) is 60.9 cm³/mol. The van der Waals surface area contributed by atoms with Crippen molar-refractivity contribution in [3.8, 4) is 5.75 Å². The van der Waals surface area contributed by atoms with Gasteiger partial charge in [0.1, 0.15) is 0 Å². The zero-order valence-electron chi connectivity index (χ0n) is 9.61. The lowest BCUT2D eigenvalue weighted by atomic mass is 10.2. The van der Waals surface area contributed by atoms with Crippen molar-refractivity contribution in [1.29, 1.82) is 0 Å². The number of aryl methyl sites for hydroxylation is 1. The molecule has 0 spiro atoms. The lowest BCUT2D eigenvalue weighted by Crippen LogP contribution is -2.25. The molecule has 0 aromatic heterocycles. The number of ether oxygens (including phenoxy) is 1. The lowest BCUT2D eigenvalue weighted by Gasteiger charge is -2.19. The topological polar surface area (TPSA) is 46.6 Å². The Labute approximate surface area is 94.7 Å². The van der Waals surface area contributed by atoms with Gasteiger partial charge in [0.2, 0.25) is 10.0 Å². The highest BCUT2D eigenvalue weighted by atomic mass is 32.2. The van der Waals surface area contributed by atoms with Crippen molar-refractivity contribution >= 4 is 15.7 Å². The first-order valence-electron chi connectivity index (χ1n) is 4.55. The van der Waals surface area contributed by atoms with Crippen LogP contribution < -0.4 is 9.04 Å². The van der Waals surface area contributed by atoms with Crippen LogP contribution in [-0.4, -0.2) is 28.8 Å². The average Bonchev–Trinajstić information content (AvgIpc) is 2.15. The van der Waals surface area contributed by atoms with Crippen LogP contribution in [0.25, 0.3) is 0 Å². The summed E-state index contributed by atoms with van der Waals surface area (Å²) in [6.45, 7) is 1.64. The van der Waals surface area contributed by atoms with Gasteiger partial charge >= 0.3 is 0 Å².